The predicted molar refractivity (Wildman–Crippen MR) is 91.9 cm³/mol. The third kappa shape index (κ3) is 2.93. The Labute approximate surface area is 140 Å². The SMILES string of the molecule is COc1cc2c(cc1OC)-c1nc(NC(C)(C)C)nc(=O)n1CC2. The van der Waals surface area contributed by atoms with Crippen LogP contribution < -0.4 is 20.5 Å². The number of hydrogen-bond acceptors (Lipinski definition) is 6. The molecule has 0 unspecified atom stereocenters. The minimum Gasteiger partial charge on any atom is -0.493 e. The van der Waals surface area contributed by atoms with Crippen molar-refractivity contribution in [3.05, 3.63) is 28.2 Å². The molecule has 1 N–H and O–H groups in total. The molecule has 1 aliphatic heterocycles. The van der Waals surface area contributed by atoms with Crippen LogP contribution in [0.15, 0.2) is 16.9 Å². The molecule has 0 radical (unpaired) electrons. The molecule has 3 rings (SSSR count). The molecule has 0 saturated heterocycles. The Hall–Kier alpha value is -2.57. The summed E-state index contributed by atoms with van der Waals surface area (Å²) >= 11 is 0. The minimum absolute atomic E-state index is 0.236. The van der Waals surface area contributed by atoms with Gasteiger partial charge >= 0.3 is 5.69 Å². The number of rotatable bonds is 3. The molecule has 1 aromatic carbocycles. The first-order chi connectivity index (χ1) is 11.3. The van der Waals surface area contributed by atoms with Crippen LogP contribution in [0.1, 0.15) is 26.3 Å². The maximum absolute atomic E-state index is 12.4. The van der Waals surface area contributed by atoms with Gasteiger partial charge in [0.15, 0.2) is 11.5 Å². The van der Waals surface area contributed by atoms with Gasteiger partial charge in [-0.3, -0.25) is 4.57 Å². The number of aromatic nitrogens is 3. The zero-order valence-corrected chi connectivity index (χ0v) is 14.6. The molecule has 24 heavy (non-hydrogen) atoms. The molecule has 1 aliphatic rings. The number of hydrogen-bond donors (Lipinski definition) is 1. The van der Waals surface area contributed by atoms with Crippen LogP contribution in [0.4, 0.5) is 5.95 Å². The highest BCUT2D eigenvalue weighted by atomic mass is 16.5. The van der Waals surface area contributed by atoms with Crippen LogP contribution in [0.2, 0.25) is 0 Å². The van der Waals surface area contributed by atoms with E-state index >= 15 is 0 Å². The van der Waals surface area contributed by atoms with Gasteiger partial charge in [0.1, 0.15) is 5.82 Å². The van der Waals surface area contributed by atoms with E-state index in [0.717, 1.165) is 17.5 Å². The molecular formula is C17H22N4O3. The quantitative estimate of drug-likeness (QED) is 0.928. The van der Waals surface area contributed by atoms with Crippen molar-refractivity contribution in [2.75, 3.05) is 19.5 Å². The van der Waals surface area contributed by atoms with Crippen LogP contribution in [0.25, 0.3) is 11.4 Å². The van der Waals surface area contributed by atoms with Crippen LogP contribution in [-0.2, 0) is 13.0 Å². The highest BCUT2D eigenvalue weighted by molar-refractivity contribution is 5.68. The van der Waals surface area contributed by atoms with Crippen LogP contribution in [0.3, 0.4) is 0 Å². The van der Waals surface area contributed by atoms with Gasteiger partial charge in [0.05, 0.1) is 14.2 Å². The van der Waals surface area contributed by atoms with Gasteiger partial charge < -0.3 is 14.8 Å². The van der Waals surface area contributed by atoms with Gasteiger partial charge in [-0.1, -0.05) is 0 Å². The zero-order valence-electron chi connectivity index (χ0n) is 14.6. The van der Waals surface area contributed by atoms with Gasteiger partial charge in [-0.25, -0.2) is 4.79 Å². The highest BCUT2D eigenvalue weighted by Crippen LogP contribution is 2.37. The number of nitrogens with zero attached hydrogens (tertiary/aromatic N) is 3. The Morgan fingerprint density at radius 2 is 1.79 bits per heavy atom. The number of ether oxygens (including phenoxy) is 2. The molecule has 0 fully saturated rings. The summed E-state index contributed by atoms with van der Waals surface area (Å²) < 4.78 is 12.4. The van der Waals surface area contributed by atoms with Crippen LogP contribution in [0, 0.1) is 0 Å². The van der Waals surface area contributed by atoms with Crippen LogP contribution in [-0.4, -0.2) is 34.3 Å². The van der Waals surface area contributed by atoms with E-state index in [9.17, 15) is 4.79 Å². The predicted octanol–water partition coefficient (Wildman–Crippen LogP) is 2.09. The molecule has 0 saturated carbocycles. The van der Waals surface area contributed by atoms with E-state index in [-0.39, 0.29) is 11.2 Å². The fourth-order valence-electron chi connectivity index (χ4n) is 2.79. The lowest BCUT2D eigenvalue weighted by molar-refractivity contribution is 0.354. The number of anilines is 1. The van der Waals surface area contributed by atoms with Crippen molar-refractivity contribution in [1.29, 1.82) is 0 Å². The van der Waals surface area contributed by atoms with Crippen molar-refractivity contribution in [2.24, 2.45) is 0 Å². The van der Waals surface area contributed by atoms with Crippen molar-refractivity contribution >= 4 is 5.95 Å². The second-order valence-electron chi connectivity index (χ2n) is 6.79. The third-order valence-corrected chi connectivity index (χ3v) is 3.84. The fourth-order valence-corrected chi connectivity index (χ4v) is 2.79. The molecule has 1 aromatic heterocycles. The average Bonchev–Trinajstić information content (AvgIpc) is 2.51. The first kappa shape index (κ1) is 16.3. The zero-order chi connectivity index (χ0) is 17.5. The van der Waals surface area contributed by atoms with Crippen LogP contribution in [0.5, 0.6) is 11.5 Å². The van der Waals surface area contributed by atoms with E-state index in [2.05, 4.69) is 15.3 Å². The summed E-state index contributed by atoms with van der Waals surface area (Å²) in [5.74, 6) is 2.22. The van der Waals surface area contributed by atoms with Crippen molar-refractivity contribution in [1.82, 2.24) is 14.5 Å². The molecule has 2 heterocycles. The van der Waals surface area contributed by atoms with Gasteiger partial charge in [-0.05, 0) is 44.9 Å². The monoisotopic (exact) mass is 330 g/mol. The number of nitrogens with one attached hydrogen (secondary N) is 1. The van der Waals surface area contributed by atoms with Crippen LogP contribution >= 0.6 is 0 Å². The maximum Gasteiger partial charge on any atom is 0.352 e. The summed E-state index contributed by atoms with van der Waals surface area (Å²) in [6, 6.07) is 3.81. The van der Waals surface area contributed by atoms with Crippen molar-refractivity contribution in [2.45, 2.75) is 39.3 Å². The van der Waals surface area contributed by atoms with Crippen molar-refractivity contribution in [3.63, 3.8) is 0 Å². The normalized spacial score (nSPS) is 13.0. The Morgan fingerprint density at radius 1 is 1.12 bits per heavy atom. The van der Waals surface area contributed by atoms with Gasteiger partial charge in [-0.15, -0.1) is 0 Å². The molecule has 0 amide bonds. The summed E-state index contributed by atoms with van der Waals surface area (Å²) in [6.45, 7) is 6.53. The van der Waals surface area contributed by atoms with E-state index in [1.54, 1.807) is 18.8 Å². The molecule has 0 spiro atoms. The second kappa shape index (κ2) is 5.81. The van der Waals surface area contributed by atoms with Gasteiger partial charge in [0.25, 0.3) is 0 Å². The largest absolute Gasteiger partial charge is 0.493 e. The standard InChI is InChI=1S/C17H22N4O3/c1-17(2,3)20-15-18-14-11-9-13(24-5)12(23-4)8-10(11)6-7-21(14)16(22)19-15/h8-9H,6-7H2,1-5H3,(H,19,20,22). The summed E-state index contributed by atoms with van der Waals surface area (Å²) in [6.07, 6.45) is 0.720. The number of fused-ring (bicyclic) bond motifs is 3. The average molecular weight is 330 g/mol. The Bertz CT molecular complexity index is 837. The lowest BCUT2D eigenvalue weighted by Crippen LogP contribution is -2.34. The van der Waals surface area contributed by atoms with E-state index in [1.165, 1.54) is 0 Å². The highest BCUT2D eigenvalue weighted by Gasteiger charge is 2.23. The minimum atomic E-state index is -0.299. The topological polar surface area (TPSA) is 78.3 Å². The fraction of sp³-hybridized carbons (Fsp3) is 0.471. The molecule has 2 aromatic rings. The molecule has 0 aliphatic carbocycles. The first-order valence-electron chi connectivity index (χ1n) is 7.84. The maximum atomic E-state index is 12.4. The smallest absolute Gasteiger partial charge is 0.352 e. The van der Waals surface area contributed by atoms with E-state index in [0.29, 0.717) is 29.8 Å². The lowest BCUT2D eigenvalue weighted by atomic mass is 9.99. The first-order valence-corrected chi connectivity index (χ1v) is 7.84. The number of aryl methyl sites for hydroxylation is 1. The number of methoxy groups -OCH3 is 2. The molecule has 0 bridgehead atoms. The second-order valence-corrected chi connectivity index (χ2v) is 6.79. The van der Waals surface area contributed by atoms with E-state index < -0.39 is 0 Å². The lowest BCUT2D eigenvalue weighted by Gasteiger charge is -2.24. The molecule has 7 heteroatoms. The molecule has 128 valence electrons. The summed E-state index contributed by atoms with van der Waals surface area (Å²) in [5, 5.41) is 3.16. The Balaban J connectivity index is 2.18. The van der Waals surface area contributed by atoms with E-state index in [4.69, 9.17) is 9.47 Å². The van der Waals surface area contributed by atoms with Gasteiger partial charge in [0.2, 0.25) is 5.95 Å². The summed E-state index contributed by atoms with van der Waals surface area (Å²) in [4.78, 5) is 21.0. The number of benzene rings is 1. The Kier molecular flexibility index (Phi) is 3.95. The van der Waals surface area contributed by atoms with Gasteiger partial charge in [-0.2, -0.15) is 9.97 Å². The molecular weight excluding hydrogens is 308 g/mol. The summed E-state index contributed by atoms with van der Waals surface area (Å²) in [5.41, 5.74) is 1.41. The van der Waals surface area contributed by atoms with Crippen molar-refractivity contribution < 1.29 is 9.47 Å². The molecule has 7 nitrogen and oxygen atoms in total. The Morgan fingerprint density at radius 3 is 2.42 bits per heavy atom. The third-order valence-electron chi connectivity index (χ3n) is 3.84. The molecule has 0 atom stereocenters. The summed E-state index contributed by atoms with van der Waals surface area (Å²) in [7, 11) is 3.20. The van der Waals surface area contributed by atoms with E-state index in [1.807, 2.05) is 32.9 Å². The van der Waals surface area contributed by atoms with Gasteiger partial charge in [0, 0.05) is 17.6 Å². The van der Waals surface area contributed by atoms with Crippen molar-refractivity contribution in [3.8, 4) is 22.9 Å².